The second-order valence-electron chi connectivity index (χ2n) is 3.34. The van der Waals surface area contributed by atoms with E-state index in [0.717, 1.165) is 4.88 Å². The van der Waals surface area contributed by atoms with Gasteiger partial charge in [0.15, 0.2) is 0 Å². The van der Waals surface area contributed by atoms with E-state index in [-0.39, 0.29) is 5.91 Å². The molecule has 0 unspecified atom stereocenters. The fraction of sp³-hybridized carbons (Fsp3) is 0.0909. The molecule has 0 saturated heterocycles. The molecule has 0 spiro atoms. The van der Waals surface area contributed by atoms with Gasteiger partial charge in [0.05, 0.1) is 16.2 Å². The largest absolute Gasteiger partial charge is 0.319 e. The van der Waals surface area contributed by atoms with E-state index in [9.17, 15) is 4.79 Å². The molecule has 2 aromatic rings. The summed E-state index contributed by atoms with van der Waals surface area (Å²) in [5.74, 6) is -0.270. The first-order valence-electron chi connectivity index (χ1n) is 4.74. The van der Waals surface area contributed by atoms with Crippen LogP contribution in [0.5, 0.6) is 0 Å². The van der Waals surface area contributed by atoms with Crippen molar-refractivity contribution in [3.05, 3.63) is 44.3 Å². The third kappa shape index (κ3) is 2.77. The average molecular weight is 287 g/mol. The van der Waals surface area contributed by atoms with Crippen LogP contribution in [0.1, 0.15) is 15.4 Å². The number of hydrogen-bond donors (Lipinski definition) is 1. The zero-order valence-electron chi connectivity index (χ0n) is 8.83. The first-order chi connectivity index (χ1) is 8.08. The van der Waals surface area contributed by atoms with Gasteiger partial charge in [0.25, 0.3) is 5.91 Å². The van der Waals surface area contributed by atoms with E-state index in [1.54, 1.807) is 23.7 Å². The quantitative estimate of drug-likeness (QED) is 0.906. The number of hydrogen-bond acceptors (Lipinski definition) is 3. The predicted octanol–water partition coefficient (Wildman–Crippen LogP) is 4.01. The molecule has 0 aliphatic heterocycles. The molecule has 0 aliphatic rings. The summed E-state index contributed by atoms with van der Waals surface area (Å²) in [4.78, 5) is 16.7. The standard InChI is InChI=1S/C11H8Cl2N2OS/c1-6-10(14-5-17-6)11(16)15-9-3-2-7(12)4-8(9)13/h2-5H,1H3,(H,15,16). The molecule has 0 radical (unpaired) electrons. The van der Waals surface area contributed by atoms with Gasteiger partial charge in [-0.3, -0.25) is 4.79 Å². The highest BCUT2D eigenvalue weighted by molar-refractivity contribution is 7.09. The molecule has 3 nitrogen and oxygen atoms in total. The summed E-state index contributed by atoms with van der Waals surface area (Å²) >= 11 is 13.2. The Hall–Kier alpha value is -1.10. The molecule has 1 N–H and O–H groups in total. The Morgan fingerprint density at radius 3 is 2.76 bits per heavy atom. The molecule has 1 aromatic carbocycles. The number of halogens is 2. The molecule has 88 valence electrons. The van der Waals surface area contributed by atoms with Crippen LogP contribution in [-0.4, -0.2) is 10.9 Å². The number of carbonyl (C=O) groups excluding carboxylic acids is 1. The average Bonchev–Trinajstić information content (AvgIpc) is 2.68. The Labute approximate surface area is 112 Å². The lowest BCUT2D eigenvalue weighted by atomic mass is 10.3. The number of benzene rings is 1. The van der Waals surface area contributed by atoms with Gasteiger partial charge in [0.2, 0.25) is 0 Å². The van der Waals surface area contributed by atoms with Gasteiger partial charge >= 0.3 is 0 Å². The summed E-state index contributed by atoms with van der Waals surface area (Å²) in [7, 11) is 0. The summed E-state index contributed by atoms with van der Waals surface area (Å²) in [6.45, 7) is 1.84. The summed E-state index contributed by atoms with van der Waals surface area (Å²) in [6.07, 6.45) is 0. The Morgan fingerprint density at radius 2 is 2.18 bits per heavy atom. The number of carbonyl (C=O) groups is 1. The number of thiazole rings is 1. The highest BCUT2D eigenvalue weighted by atomic mass is 35.5. The van der Waals surface area contributed by atoms with Gasteiger partial charge in [-0.1, -0.05) is 23.2 Å². The van der Waals surface area contributed by atoms with E-state index >= 15 is 0 Å². The topological polar surface area (TPSA) is 42.0 Å². The van der Waals surface area contributed by atoms with E-state index < -0.39 is 0 Å². The Kier molecular flexibility index (Phi) is 3.66. The fourth-order valence-corrected chi connectivity index (χ4v) is 2.32. The summed E-state index contributed by atoms with van der Waals surface area (Å²) < 4.78 is 0. The molecule has 0 fully saturated rings. The highest BCUT2D eigenvalue weighted by Gasteiger charge is 2.13. The predicted molar refractivity (Wildman–Crippen MR) is 71.3 cm³/mol. The normalized spacial score (nSPS) is 10.3. The molecule has 0 saturated carbocycles. The van der Waals surface area contributed by atoms with Crippen molar-refractivity contribution in [2.75, 3.05) is 5.32 Å². The first-order valence-corrected chi connectivity index (χ1v) is 6.38. The van der Waals surface area contributed by atoms with Crippen LogP contribution in [0.4, 0.5) is 5.69 Å². The lowest BCUT2D eigenvalue weighted by molar-refractivity contribution is 0.102. The van der Waals surface area contributed by atoms with Gasteiger partial charge in [0, 0.05) is 9.90 Å². The van der Waals surface area contributed by atoms with Crippen LogP contribution in [0.25, 0.3) is 0 Å². The third-order valence-electron chi connectivity index (χ3n) is 2.14. The minimum Gasteiger partial charge on any atom is -0.319 e. The van der Waals surface area contributed by atoms with Crippen LogP contribution in [0.3, 0.4) is 0 Å². The third-order valence-corrected chi connectivity index (χ3v) is 3.44. The molecule has 6 heteroatoms. The van der Waals surface area contributed by atoms with Crippen molar-refractivity contribution in [3.63, 3.8) is 0 Å². The number of aryl methyl sites for hydroxylation is 1. The van der Waals surface area contributed by atoms with Crippen molar-refractivity contribution in [2.45, 2.75) is 6.92 Å². The van der Waals surface area contributed by atoms with Crippen LogP contribution in [0.2, 0.25) is 10.0 Å². The monoisotopic (exact) mass is 286 g/mol. The molecular weight excluding hydrogens is 279 g/mol. The molecule has 1 heterocycles. The summed E-state index contributed by atoms with van der Waals surface area (Å²) in [5.41, 5.74) is 2.57. The van der Waals surface area contributed by atoms with Gasteiger partial charge in [0.1, 0.15) is 5.69 Å². The minimum atomic E-state index is -0.270. The van der Waals surface area contributed by atoms with Crippen molar-refractivity contribution in [1.82, 2.24) is 4.98 Å². The Morgan fingerprint density at radius 1 is 1.41 bits per heavy atom. The second kappa shape index (κ2) is 5.04. The zero-order chi connectivity index (χ0) is 12.4. The van der Waals surface area contributed by atoms with Gasteiger partial charge in [-0.05, 0) is 25.1 Å². The number of nitrogens with one attached hydrogen (secondary N) is 1. The van der Waals surface area contributed by atoms with Crippen molar-refractivity contribution >= 4 is 46.1 Å². The SMILES string of the molecule is Cc1scnc1C(=O)Nc1ccc(Cl)cc1Cl. The van der Waals surface area contributed by atoms with Crippen LogP contribution < -0.4 is 5.32 Å². The lowest BCUT2D eigenvalue weighted by Crippen LogP contribution is -2.13. The van der Waals surface area contributed by atoms with Gasteiger partial charge in [-0.15, -0.1) is 11.3 Å². The first kappa shape index (κ1) is 12.4. The molecule has 1 aromatic heterocycles. The van der Waals surface area contributed by atoms with Crippen LogP contribution in [0.15, 0.2) is 23.7 Å². The number of aromatic nitrogens is 1. The lowest BCUT2D eigenvalue weighted by Gasteiger charge is -2.06. The van der Waals surface area contributed by atoms with Gasteiger partial charge in [-0.2, -0.15) is 0 Å². The van der Waals surface area contributed by atoms with Gasteiger partial charge in [-0.25, -0.2) is 4.98 Å². The summed E-state index contributed by atoms with van der Waals surface area (Å²) in [5, 5.41) is 3.62. The molecule has 17 heavy (non-hydrogen) atoms. The molecule has 0 atom stereocenters. The van der Waals surface area contributed by atoms with Crippen LogP contribution in [-0.2, 0) is 0 Å². The molecule has 0 aliphatic carbocycles. The van der Waals surface area contributed by atoms with E-state index in [2.05, 4.69) is 10.3 Å². The number of amides is 1. The maximum absolute atomic E-state index is 11.9. The Bertz CT molecular complexity index is 568. The number of nitrogens with zero attached hydrogens (tertiary/aromatic N) is 1. The molecule has 2 rings (SSSR count). The van der Waals surface area contributed by atoms with E-state index in [4.69, 9.17) is 23.2 Å². The number of rotatable bonds is 2. The van der Waals surface area contributed by atoms with E-state index in [0.29, 0.717) is 21.4 Å². The molecule has 0 bridgehead atoms. The minimum absolute atomic E-state index is 0.270. The maximum Gasteiger partial charge on any atom is 0.275 e. The number of anilines is 1. The fourth-order valence-electron chi connectivity index (χ4n) is 1.30. The smallest absolute Gasteiger partial charge is 0.275 e. The Balaban J connectivity index is 2.22. The van der Waals surface area contributed by atoms with Crippen LogP contribution in [0, 0.1) is 6.92 Å². The van der Waals surface area contributed by atoms with E-state index in [1.165, 1.54) is 11.3 Å². The summed E-state index contributed by atoms with van der Waals surface area (Å²) in [6, 6.07) is 4.90. The maximum atomic E-state index is 11.9. The van der Waals surface area contributed by atoms with Crippen molar-refractivity contribution in [3.8, 4) is 0 Å². The molecule has 1 amide bonds. The van der Waals surface area contributed by atoms with Crippen LogP contribution >= 0.6 is 34.5 Å². The van der Waals surface area contributed by atoms with Crippen molar-refractivity contribution < 1.29 is 4.79 Å². The van der Waals surface area contributed by atoms with E-state index in [1.807, 2.05) is 6.92 Å². The van der Waals surface area contributed by atoms with Crippen molar-refractivity contribution in [2.24, 2.45) is 0 Å². The highest BCUT2D eigenvalue weighted by Crippen LogP contribution is 2.26. The second-order valence-corrected chi connectivity index (χ2v) is 5.24. The van der Waals surface area contributed by atoms with Gasteiger partial charge < -0.3 is 5.32 Å². The van der Waals surface area contributed by atoms with Crippen molar-refractivity contribution in [1.29, 1.82) is 0 Å². The zero-order valence-corrected chi connectivity index (χ0v) is 11.2. The molecular formula is C11H8Cl2N2OS.